The van der Waals surface area contributed by atoms with E-state index in [4.69, 9.17) is 5.73 Å². The standard InChI is InChI=1S/C50H64N10O13S2/c1-27(2)18-36(58-49(71)38(19-28-8-4-3-5-9-28)56-42(63)24-53-45(67)37(57-44(66)33(51)25-74)20-29-12-14-31(61)15-13-29)48(70)59-39(21-30-22-52-34-11-7-6-10-32(30)34)46(68)54-23-41(62)55-35(16-17-43(64)65)47(69)60-40(26-75)50(72)73/h3-15,22,27,33,35-40,52,61,74-75H,16-21,23-26,51H2,1-2H3,(H,53,67)(H,54,68)(H,55,62)(H,56,63)(H,57,66)(H,58,71)(H,59,70)(H,60,69)(H,64,65)(H,72,73)/t33-,35-,36-,37-,38-,39-,40-/m0/s1. The van der Waals surface area contributed by atoms with Crippen LogP contribution in [0, 0.1) is 5.92 Å². The van der Waals surface area contributed by atoms with Gasteiger partial charge in [-0.3, -0.25) is 43.2 Å². The summed E-state index contributed by atoms with van der Waals surface area (Å²) in [4.78, 5) is 135. The van der Waals surface area contributed by atoms with Gasteiger partial charge in [0.05, 0.1) is 19.1 Å². The first-order valence-corrected chi connectivity index (χ1v) is 25.1. The molecule has 0 saturated heterocycles. The third-order valence-corrected chi connectivity index (χ3v) is 12.2. The number of thiol groups is 2. The van der Waals surface area contributed by atoms with Crippen LogP contribution in [0.15, 0.2) is 85.1 Å². The number of H-pyrrole nitrogens is 1. The van der Waals surface area contributed by atoms with E-state index in [0.29, 0.717) is 22.1 Å². The van der Waals surface area contributed by atoms with Gasteiger partial charge in [-0.1, -0.05) is 74.5 Å². The number of nitrogens with two attached hydrogens (primary N) is 1. The molecule has 0 spiro atoms. The highest BCUT2D eigenvalue weighted by atomic mass is 32.1. The molecule has 75 heavy (non-hydrogen) atoms. The van der Waals surface area contributed by atoms with Crippen LogP contribution < -0.4 is 48.3 Å². The monoisotopic (exact) mass is 1080 g/mol. The molecule has 1 heterocycles. The molecule has 0 radical (unpaired) electrons. The van der Waals surface area contributed by atoms with Crippen LogP contribution in [0.5, 0.6) is 5.75 Å². The molecule has 1 aromatic heterocycles. The van der Waals surface area contributed by atoms with E-state index < -0.39 is 127 Å². The summed E-state index contributed by atoms with van der Waals surface area (Å²) in [6.45, 7) is 2.17. The number of fused-ring (bicyclic) bond motifs is 1. The lowest BCUT2D eigenvalue weighted by Gasteiger charge is -2.26. The molecule has 404 valence electrons. The number of carbonyl (C=O) groups is 10. The van der Waals surface area contributed by atoms with Gasteiger partial charge in [-0.2, -0.15) is 25.3 Å². The quantitative estimate of drug-likeness (QED) is 0.0285. The maximum absolute atomic E-state index is 14.4. The summed E-state index contributed by atoms with van der Waals surface area (Å²) in [5, 5.41) is 49.1. The number of amides is 8. The van der Waals surface area contributed by atoms with E-state index in [-0.39, 0.29) is 48.9 Å². The van der Waals surface area contributed by atoms with Crippen molar-refractivity contribution in [2.24, 2.45) is 11.7 Å². The van der Waals surface area contributed by atoms with Gasteiger partial charge in [0, 0.05) is 54.3 Å². The number of hydrogen-bond donors (Lipinski definition) is 15. The zero-order chi connectivity index (χ0) is 55.2. The second-order valence-corrected chi connectivity index (χ2v) is 18.6. The SMILES string of the molecule is CC(C)C[C@H](NC(=O)[C@H](Cc1ccccc1)NC(=O)CNC(=O)[C@H](Cc1ccc(O)cc1)NC(=O)[C@@H](N)CS)C(=O)N[C@@H](Cc1c[nH]c2ccccc12)C(=O)NCC(=O)N[C@@H](CCC(=O)O)C(=O)N[C@@H](CS)C(=O)O. The number of nitrogens with one attached hydrogen (secondary N) is 9. The largest absolute Gasteiger partial charge is 0.508 e. The van der Waals surface area contributed by atoms with Gasteiger partial charge in [0.15, 0.2) is 0 Å². The van der Waals surface area contributed by atoms with E-state index in [1.807, 2.05) is 0 Å². The van der Waals surface area contributed by atoms with Crippen molar-refractivity contribution >= 4 is 95.4 Å². The summed E-state index contributed by atoms with van der Waals surface area (Å²) >= 11 is 7.96. The fourth-order valence-corrected chi connectivity index (χ4v) is 7.95. The van der Waals surface area contributed by atoms with Crippen LogP contribution in [0.1, 0.15) is 49.8 Å². The molecule has 14 N–H and O–H groups in total. The lowest BCUT2D eigenvalue weighted by Crippen LogP contribution is -2.59. The maximum Gasteiger partial charge on any atom is 0.327 e. The van der Waals surface area contributed by atoms with Gasteiger partial charge in [0.25, 0.3) is 0 Å². The normalized spacial score (nSPS) is 13.8. The number of phenolic OH excluding ortho intramolecular Hbond substituents is 1. The Morgan fingerprint density at radius 2 is 1.05 bits per heavy atom. The number of aliphatic carboxylic acids is 2. The fraction of sp³-hybridized carbons (Fsp3) is 0.400. The minimum Gasteiger partial charge on any atom is -0.508 e. The molecule has 0 saturated carbocycles. The van der Waals surface area contributed by atoms with E-state index in [0.717, 1.165) is 5.52 Å². The summed E-state index contributed by atoms with van der Waals surface area (Å²) in [6.07, 6.45) is 0.454. The maximum atomic E-state index is 14.4. The fourth-order valence-electron chi connectivity index (χ4n) is 7.54. The zero-order valence-corrected chi connectivity index (χ0v) is 43.0. The first-order chi connectivity index (χ1) is 35.7. The number of carboxylic acid groups (broad SMARTS) is 2. The van der Waals surface area contributed by atoms with Crippen LogP contribution >= 0.6 is 25.3 Å². The first kappa shape index (κ1) is 59.9. The molecule has 8 amide bonds. The Kier molecular flexibility index (Phi) is 23.9. The van der Waals surface area contributed by atoms with Crippen molar-refractivity contribution in [2.75, 3.05) is 24.6 Å². The number of aromatic hydroxyl groups is 1. The Labute approximate surface area is 442 Å². The number of para-hydroxylation sites is 1. The summed E-state index contributed by atoms with van der Waals surface area (Å²) in [5.74, 6) is -9.92. The van der Waals surface area contributed by atoms with E-state index in [1.165, 1.54) is 12.1 Å². The number of rotatable bonds is 30. The van der Waals surface area contributed by atoms with Crippen molar-refractivity contribution in [3.05, 3.63) is 102 Å². The number of phenols is 1. The van der Waals surface area contributed by atoms with Crippen LogP contribution in [-0.4, -0.2) is 146 Å². The van der Waals surface area contributed by atoms with E-state index >= 15 is 0 Å². The minimum atomic E-state index is -1.51. The lowest BCUT2D eigenvalue weighted by molar-refractivity contribution is -0.142. The molecule has 3 aromatic carbocycles. The van der Waals surface area contributed by atoms with Gasteiger partial charge in [0.2, 0.25) is 47.3 Å². The van der Waals surface area contributed by atoms with Crippen LogP contribution in [0.25, 0.3) is 10.9 Å². The van der Waals surface area contributed by atoms with Gasteiger partial charge in [0.1, 0.15) is 42.0 Å². The minimum absolute atomic E-state index is 0.0181. The van der Waals surface area contributed by atoms with Gasteiger partial charge in [-0.15, -0.1) is 0 Å². The van der Waals surface area contributed by atoms with E-state index in [2.05, 4.69) is 72.8 Å². The Bertz CT molecular complexity index is 2640. The van der Waals surface area contributed by atoms with Crippen LogP contribution in [0.2, 0.25) is 0 Å². The molecule has 0 aliphatic heterocycles. The van der Waals surface area contributed by atoms with Crippen molar-refractivity contribution in [2.45, 2.75) is 94.7 Å². The van der Waals surface area contributed by atoms with E-state index in [1.54, 1.807) is 86.8 Å². The Morgan fingerprint density at radius 3 is 1.63 bits per heavy atom. The number of aromatic nitrogens is 1. The predicted octanol–water partition coefficient (Wildman–Crippen LogP) is -0.775. The molecule has 4 rings (SSSR count). The molecule has 7 atom stereocenters. The molecule has 0 unspecified atom stereocenters. The smallest absolute Gasteiger partial charge is 0.327 e. The number of carbonyl (C=O) groups excluding carboxylic acids is 8. The second-order valence-electron chi connectivity index (χ2n) is 17.9. The molecule has 23 nitrogen and oxygen atoms in total. The van der Waals surface area contributed by atoms with Gasteiger partial charge in [-0.05, 0) is 53.6 Å². The number of aromatic amines is 1. The molecule has 0 fully saturated rings. The number of hydrogen-bond acceptors (Lipinski definition) is 14. The number of benzene rings is 3. The van der Waals surface area contributed by atoms with Crippen LogP contribution in [0.3, 0.4) is 0 Å². The topological polar surface area (TPSA) is 369 Å². The predicted molar refractivity (Wildman–Crippen MR) is 281 cm³/mol. The highest BCUT2D eigenvalue weighted by molar-refractivity contribution is 7.80. The highest BCUT2D eigenvalue weighted by Gasteiger charge is 2.33. The first-order valence-electron chi connectivity index (χ1n) is 23.8. The summed E-state index contributed by atoms with van der Waals surface area (Å²) in [7, 11) is 0. The third-order valence-electron chi connectivity index (χ3n) is 11.5. The summed E-state index contributed by atoms with van der Waals surface area (Å²) in [6, 6.07) is 12.5. The van der Waals surface area contributed by atoms with Crippen molar-refractivity contribution in [3.63, 3.8) is 0 Å². The Morgan fingerprint density at radius 1 is 0.560 bits per heavy atom. The molecule has 25 heteroatoms. The lowest BCUT2D eigenvalue weighted by atomic mass is 9.99. The van der Waals surface area contributed by atoms with Gasteiger partial charge >= 0.3 is 11.9 Å². The van der Waals surface area contributed by atoms with Gasteiger partial charge in [-0.25, -0.2) is 4.79 Å². The molecule has 0 bridgehead atoms. The summed E-state index contributed by atoms with van der Waals surface area (Å²) < 4.78 is 0. The van der Waals surface area contributed by atoms with Crippen molar-refractivity contribution in [1.82, 2.24) is 47.5 Å². The molecular weight excluding hydrogens is 1010 g/mol. The van der Waals surface area contributed by atoms with Gasteiger partial charge < -0.3 is 68.6 Å². The summed E-state index contributed by atoms with van der Waals surface area (Å²) in [5.41, 5.74) is 8.34. The molecule has 0 aliphatic carbocycles. The average molecular weight is 1080 g/mol. The second kappa shape index (κ2) is 29.9. The zero-order valence-electron chi connectivity index (χ0n) is 41.2. The van der Waals surface area contributed by atoms with Crippen molar-refractivity contribution < 1.29 is 63.3 Å². The highest BCUT2D eigenvalue weighted by Crippen LogP contribution is 2.20. The third kappa shape index (κ3) is 20.0. The van der Waals surface area contributed by atoms with E-state index in [9.17, 15) is 63.3 Å². The molecular formula is C50H64N10O13S2. The Balaban J connectivity index is 1.54. The van der Waals surface area contributed by atoms with Crippen molar-refractivity contribution in [3.8, 4) is 5.75 Å². The average Bonchev–Trinajstić information content (AvgIpc) is 3.79. The molecule has 0 aliphatic rings. The van der Waals surface area contributed by atoms with Crippen molar-refractivity contribution in [1.29, 1.82) is 0 Å². The Hall–Kier alpha value is -7.64. The number of carboxylic acids is 2. The molecule has 4 aromatic rings. The van der Waals surface area contributed by atoms with Crippen LogP contribution in [0.4, 0.5) is 0 Å². The van der Waals surface area contributed by atoms with Crippen LogP contribution in [-0.2, 0) is 67.2 Å².